The average molecular weight is 220 g/mol. The van der Waals surface area contributed by atoms with Gasteiger partial charge in [0.2, 0.25) is 0 Å². The zero-order chi connectivity index (χ0) is 10.4. The minimum atomic E-state index is 0.677. The quantitative estimate of drug-likeness (QED) is 0.564. The third-order valence-corrected chi connectivity index (χ3v) is 3.27. The molecule has 0 bridgehead atoms. The van der Waals surface area contributed by atoms with Gasteiger partial charge in [-0.2, -0.15) is 0 Å². The molecule has 1 aromatic carbocycles. The number of hydrogen-bond donors (Lipinski definition) is 0. The molecule has 0 aliphatic heterocycles. The highest BCUT2D eigenvalue weighted by Crippen LogP contribution is 2.18. The van der Waals surface area contributed by atoms with Crippen molar-refractivity contribution in [2.75, 3.05) is 5.75 Å². The van der Waals surface area contributed by atoms with Crippen LogP contribution in [0.25, 0.3) is 0 Å². The molecule has 0 aromatic heterocycles. The summed E-state index contributed by atoms with van der Waals surface area (Å²) in [7, 11) is 5.55. The molecule has 72 valence electrons. The summed E-state index contributed by atoms with van der Waals surface area (Å²) in [6.45, 7) is 2.11. The fraction of sp³-hybridized carbons (Fsp3) is 0.364. The van der Waals surface area contributed by atoms with E-state index in [4.69, 9.17) is 20.1 Å². The fourth-order valence-corrected chi connectivity index (χ4v) is 2.47. The number of hydrogen-bond acceptors (Lipinski definition) is 2. The second-order valence-corrected chi connectivity index (χ2v) is 4.86. The Bertz CT molecular complexity index is 310. The molecule has 1 rings (SSSR count). The number of rotatable bonds is 4. The summed E-state index contributed by atoms with van der Waals surface area (Å²) in [5.41, 5.74) is 2.45. The average Bonchev–Trinajstić information content (AvgIpc) is 2.19. The molecule has 0 N–H and O–H groups in total. The van der Waals surface area contributed by atoms with Crippen LogP contribution in [0.15, 0.2) is 24.3 Å². The molecule has 0 atom stereocenters. The Labute approximate surface area is 96.9 Å². The molecule has 1 aromatic rings. The van der Waals surface area contributed by atoms with E-state index in [2.05, 4.69) is 19.1 Å². The van der Waals surface area contributed by atoms with E-state index < -0.39 is 0 Å². The fourth-order valence-electron chi connectivity index (χ4n) is 1.30. The summed E-state index contributed by atoms with van der Waals surface area (Å²) >= 11 is 7.06. The maximum Gasteiger partial charge on any atom is 0.0780 e. The van der Waals surface area contributed by atoms with Crippen LogP contribution in [-0.2, 0) is 6.42 Å². The maximum atomic E-state index is 5.55. The normalized spacial score (nSPS) is 10.1. The molecule has 0 saturated heterocycles. The molecule has 0 amide bonds. The Morgan fingerprint density at radius 3 is 2.79 bits per heavy atom. The van der Waals surface area contributed by atoms with Gasteiger partial charge in [-0.05, 0) is 17.7 Å². The largest absolute Gasteiger partial charge is 0.114 e. The van der Waals surface area contributed by atoms with Gasteiger partial charge in [-0.1, -0.05) is 49.7 Å². The number of thiocarbonyl (C=S) groups is 1. The third kappa shape index (κ3) is 3.14. The molecule has 0 heterocycles. The predicted molar refractivity (Wildman–Crippen MR) is 70.5 cm³/mol. The monoisotopic (exact) mass is 220 g/mol. The van der Waals surface area contributed by atoms with Gasteiger partial charge in [0.25, 0.3) is 0 Å². The van der Waals surface area contributed by atoms with Crippen LogP contribution in [0, 0.1) is 0 Å². The standard InChI is InChI=1S/C11H13BS2/c1-2-14-11(13)10-6-4-3-5-9(10)7-8-12/h3-6H,2,7-8H2,1H3. The van der Waals surface area contributed by atoms with E-state index in [1.54, 1.807) is 11.8 Å². The molecule has 0 aliphatic rings. The summed E-state index contributed by atoms with van der Waals surface area (Å²) in [6.07, 6.45) is 1.58. The summed E-state index contributed by atoms with van der Waals surface area (Å²) in [6, 6.07) is 8.24. The first-order chi connectivity index (χ1) is 6.79. The molecule has 0 aliphatic carbocycles. The van der Waals surface area contributed by atoms with Crippen molar-refractivity contribution < 1.29 is 0 Å². The van der Waals surface area contributed by atoms with Crippen molar-refractivity contribution in [1.82, 2.24) is 0 Å². The van der Waals surface area contributed by atoms with E-state index in [1.165, 1.54) is 11.1 Å². The van der Waals surface area contributed by atoms with Crippen molar-refractivity contribution in [2.45, 2.75) is 19.7 Å². The van der Waals surface area contributed by atoms with Crippen molar-refractivity contribution in [3.63, 3.8) is 0 Å². The topological polar surface area (TPSA) is 0 Å². The first-order valence-corrected chi connectivity index (χ1v) is 6.14. The Kier molecular flexibility index (Phi) is 5.27. The van der Waals surface area contributed by atoms with Crippen LogP contribution in [0.1, 0.15) is 18.1 Å². The third-order valence-electron chi connectivity index (χ3n) is 1.93. The Morgan fingerprint density at radius 1 is 1.43 bits per heavy atom. The molecule has 14 heavy (non-hydrogen) atoms. The molecule has 0 unspecified atom stereocenters. The molecule has 3 heteroatoms. The Morgan fingerprint density at radius 2 is 2.14 bits per heavy atom. The van der Waals surface area contributed by atoms with Gasteiger partial charge in [0, 0.05) is 5.56 Å². The smallest absolute Gasteiger partial charge is 0.0780 e. The van der Waals surface area contributed by atoms with E-state index in [0.29, 0.717) is 6.32 Å². The number of aryl methyl sites for hydroxylation is 1. The van der Waals surface area contributed by atoms with Crippen molar-refractivity contribution >= 4 is 36.0 Å². The summed E-state index contributed by atoms with van der Waals surface area (Å²) in [5.74, 6) is 1.02. The molecule has 2 radical (unpaired) electrons. The van der Waals surface area contributed by atoms with Gasteiger partial charge >= 0.3 is 0 Å². The molecular formula is C11H13BS2. The Balaban J connectivity index is 2.88. The summed E-state index contributed by atoms with van der Waals surface area (Å²) < 4.78 is 0.983. The van der Waals surface area contributed by atoms with E-state index in [-0.39, 0.29) is 0 Å². The van der Waals surface area contributed by atoms with Gasteiger partial charge in [-0.25, -0.2) is 0 Å². The lowest BCUT2D eigenvalue weighted by Crippen LogP contribution is -1.99. The van der Waals surface area contributed by atoms with Gasteiger partial charge in [0.1, 0.15) is 0 Å². The van der Waals surface area contributed by atoms with E-state index in [9.17, 15) is 0 Å². The van der Waals surface area contributed by atoms with Gasteiger partial charge in [0.05, 0.1) is 12.0 Å². The van der Waals surface area contributed by atoms with Crippen LogP contribution in [0.3, 0.4) is 0 Å². The van der Waals surface area contributed by atoms with Crippen molar-refractivity contribution in [2.24, 2.45) is 0 Å². The molecule has 0 saturated carbocycles. The zero-order valence-electron chi connectivity index (χ0n) is 8.32. The lowest BCUT2D eigenvalue weighted by atomic mass is 9.95. The highest BCUT2D eigenvalue weighted by molar-refractivity contribution is 8.23. The van der Waals surface area contributed by atoms with Crippen LogP contribution in [0.5, 0.6) is 0 Å². The van der Waals surface area contributed by atoms with Crippen molar-refractivity contribution in [3.05, 3.63) is 35.4 Å². The zero-order valence-corrected chi connectivity index (χ0v) is 9.96. The predicted octanol–water partition coefficient (Wildman–Crippen LogP) is 3.24. The molecule has 0 spiro atoms. The minimum absolute atomic E-state index is 0.677. The van der Waals surface area contributed by atoms with E-state index >= 15 is 0 Å². The van der Waals surface area contributed by atoms with Crippen molar-refractivity contribution in [1.29, 1.82) is 0 Å². The van der Waals surface area contributed by atoms with Crippen LogP contribution in [0.2, 0.25) is 6.32 Å². The van der Waals surface area contributed by atoms with Crippen molar-refractivity contribution in [3.8, 4) is 0 Å². The highest BCUT2D eigenvalue weighted by Gasteiger charge is 2.05. The van der Waals surface area contributed by atoms with E-state index in [1.807, 2.05) is 12.1 Å². The van der Waals surface area contributed by atoms with Gasteiger partial charge in [0.15, 0.2) is 0 Å². The van der Waals surface area contributed by atoms with E-state index in [0.717, 1.165) is 16.4 Å². The number of thioether (sulfide) groups is 1. The molecule has 0 fully saturated rings. The first kappa shape index (κ1) is 11.8. The SMILES string of the molecule is [B]CCc1ccccc1C(=S)SCC. The van der Waals surface area contributed by atoms with Gasteiger partial charge in [-0.3, -0.25) is 0 Å². The van der Waals surface area contributed by atoms with Gasteiger partial charge in [-0.15, -0.1) is 11.8 Å². The summed E-state index contributed by atoms with van der Waals surface area (Å²) in [5, 5.41) is 0. The van der Waals surface area contributed by atoms with Crippen LogP contribution in [-0.4, -0.2) is 17.8 Å². The van der Waals surface area contributed by atoms with Crippen LogP contribution in [0.4, 0.5) is 0 Å². The lowest BCUT2D eigenvalue weighted by molar-refractivity contribution is 1.13. The first-order valence-electron chi connectivity index (χ1n) is 4.74. The molecular weight excluding hydrogens is 207 g/mol. The van der Waals surface area contributed by atoms with Crippen LogP contribution < -0.4 is 0 Å². The minimum Gasteiger partial charge on any atom is -0.114 e. The van der Waals surface area contributed by atoms with Crippen LogP contribution >= 0.6 is 24.0 Å². The second-order valence-electron chi connectivity index (χ2n) is 2.92. The number of benzene rings is 1. The van der Waals surface area contributed by atoms with Gasteiger partial charge < -0.3 is 0 Å². The summed E-state index contributed by atoms with van der Waals surface area (Å²) in [4.78, 5) is 0. The Hall–Kier alpha value is -0.275. The highest BCUT2D eigenvalue weighted by atomic mass is 32.2. The maximum absolute atomic E-state index is 5.55. The molecule has 0 nitrogen and oxygen atoms in total. The lowest BCUT2D eigenvalue weighted by Gasteiger charge is -2.08. The second kappa shape index (κ2) is 6.25.